The van der Waals surface area contributed by atoms with E-state index in [2.05, 4.69) is 5.32 Å². The van der Waals surface area contributed by atoms with Crippen LogP contribution in [0.25, 0.3) is 0 Å². The van der Waals surface area contributed by atoms with Crippen LogP contribution in [0.15, 0.2) is 0 Å². The quantitative estimate of drug-likeness (QED) is 0.550. The standard InChI is InChI=1S/C10H12F3N3O2/c11-10(12,13)7-1-5-16(6-2-7)9(18)8(17)15-4-3-14/h7H,1-2,4-6H2,(H,15,17). The van der Waals surface area contributed by atoms with Gasteiger partial charge in [0.15, 0.2) is 0 Å². The number of piperidine rings is 1. The summed E-state index contributed by atoms with van der Waals surface area (Å²) in [5.41, 5.74) is 0. The maximum absolute atomic E-state index is 12.4. The van der Waals surface area contributed by atoms with Crippen molar-refractivity contribution in [3.63, 3.8) is 0 Å². The van der Waals surface area contributed by atoms with E-state index in [1.807, 2.05) is 0 Å². The van der Waals surface area contributed by atoms with Crippen LogP contribution in [-0.4, -0.2) is 42.5 Å². The molecule has 1 aliphatic rings. The Morgan fingerprint density at radius 2 is 1.89 bits per heavy atom. The Labute approximate surface area is 102 Å². The number of hydrogen-bond acceptors (Lipinski definition) is 3. The first-order valence-corrected chi connectivity index (χ1v) is 5.37. The summed E-state index contributed by atoms with van der Waals surface area (Å²) in [5.74, 6) is -3.25. The van der Waals surface area contributed by atoms with Gasteiger partial charge in [0.2, 0.25) is 0 Å². The maximum Gasteiger partial charge on any atom is 0.391 e. The molecule has 1 heterocycles. The molecule has 8 heteroatoms. The minimum atomic E-state index is -4.25. The summed E-state index contributed by atoms with van der Waals surface area (Å²) < 4.78 is 37.1. The number of likely N-dealkylation sites (tertiary alicyclic amines) is 1. The number of nitrogens with zero attached hydrogens (tertiary/aromatic N) is 2. The summed E-state index contributed by atoms with van der Waals surface area (Å²) in [6.45, 7) is -0.491. The summed E-state index contributed by atoms with van der Waals surface area (Å²) in [6, 6.07) is 1.63. The monoisotopic (exact) mass is 263 g/mol. The predicted octanol–water partition coefficient (Wildman–Crippen LogP) is 0.427. The molecule has 0 radical (unpaired) electrons. The van der Waals surface area contributed by atoms with Gasteiger partial charge in [-0.1, -0.05) is 0 Å². The highest BCUT2D eigenvalue weighted by Crippen LogP contribution is 2.33. The van der Waals surface area contributed by atoms with Crippen LogP contribution in [0.1, 0.15) is 12.8 Å². The third kappa shape index (κ3) is 3.61. The van der Waals surface area contributed by atoms with Crippen molar-refractivity contribution in [1.82, 2.24) is 10.2 Å². The van der Waals surface area contributed by atoms with Crippen molar-refractivity contribution in [2.24, 2.45) is 5.92 Å². The molecule has 0 saturated carbocycles. The number of nitrogens with one attached hydrogen (secondary N) is 1. The van der Waals surface area contributed by atoms with E-state index in [0.717, 1.165) is 4.90 Å². The minimum Gasteiger partial charge on any atom is -0.335 e. The topological polar surface area (TPSA) is 73.2 Å². The van der Waals surface area contributed by atoms with Gasteiger partial charge in [0.25, 0.3) is 0 Å². The average Bonchev–Trinajstić information content (AvgIpc) is 2.34. The molecule has 0 aromatic carbocycles. The number of carbonyl (C=O) groups excluding carboxylic acids is 2. The Morgan fingerprint density at radius 3 is 2.33 bits per heavy atom. The van der Waals surface area contributed by atoms with E-state index < -0.39 is 23.9 Å². The summed E-state index contributed by atoms with van der Waals surface area (Å²) in [4.78, 5) is 23.8. The second-order valence-electron chi connectivity index (χ2n) is 3.95. The first-order chi connectivity index (χ1) is 8.36. The largest absolute Gasteiger partial charge is 0.391 e. The molecule has 1 aliphatic heterocycles. The molecule has 1 saturated heterocycles. The van der Waals surface area contributed by atoms with Gasteiger partial charge >= 0.3 is 18.0 Å². The van der Waals surface area contributed by atoms with Gasteiger partial charge in [-0.2, -0.15) is 18.4 Å². The van der Waals surface area contributed by atoms with Crippen molar-refractivity contribution in [3.8, 4) is 6.07 Å². The Balaban J connectivity index is 2.46. The fourth-order valence-corrected chi connectivity index (χ4v) is 1.75. The van der Waals surface area contributed by atoms with Crippen LogP contribution in [0.3, 0.4) is 0 Å². The zero-order chi connectivity index (χ0) is 13.8. The third-order valence-electron chi connectivity index (χ3n) is 2.77. The van der Waals surface area contributed by atoms with Crippen LogP contribution in [0.5, 0.6) is 0 Å². The molecule has 0 aromatic rings. The second-order valence-corrected chi connectivity index (χ2v) is 3.95. The molecule has 0 aromatic heterocycles. The number of carbonyl (C=O) groups is 2. The smallest absolute Gasteiger partial charge is 0.335 e. The van der Waals surface area contributed by atoms with Gasteiger partial charge in [-0.25, -0.2) is 0 Å². The molecule has 1 fully saturated rings. The van der Waals surface area contributed by atoms with E-state index in [4.69, 9.17) is 5.26 Å². The van der Waals surface area contributed by atoms with Gasteiger partial charge in [-0.15, -0.1) is 0 Å². The van der Waals surface area contributed by atoms with E-state index in [9.17, 15) is 22.8 Å². The van der Waals surface area contributed by atoms with Gasteiger partial charge in [0.1, 0.15) is 6.54 Å². The van der Waals surface area contributed by atoms with Gasteiger partial charge in [0.05, 0.1) is 12.0 Å². The number of alkyl halides is 3. The molecule has 0 atom stereocenters. The summed E-state index contributed by atoms with van der Waals surface area (Å²) in [7, 11) is 0. The Bertz CT molecular complexity index is 368. The van der Waals surface area contributed by atoms with Crippen LogP contribution in [0.4, 0.5) is 13.2 Å². The highest BCUT2D eigenvalue weighted by Gasteiger charge is 2.42. The third-order valence-corrected chi connectivity index (χ3v) is 2.77. The fourth-order valence-electron chi connectivity index (χ4n) is 1.75. The molecule has 0 bridgehead atoms. The van der Waals surface area contributed by atoms with Crippen molar-refractivity contribution in [2.75, 3.05) is 19.6 Å². The van der Waals surface area contributed by atoms with Crippen LogP contribution in [0, 0.1) is 17.2 Å². The Morgan fingerprint density at radius 1 is 1.33 bits per heavy atom. The van der Waals surface area contributed by atoms with Crippen LogP contribution < -0.4 is 5.32 Å². The fraction of sp³-hybridized carbons (Fsp3) is 0.700. The van der Waals surface area contributed by atoms with Crippen molar-refractivity contribution in [3.05, 3.63) is 0 Å². The Kier molecular flexibility index (Phi) is 4.53. The second kappa shape index (κ2) is 5.71. The minimum absolute atomic E-state index is 0.0943. The summed E-state index contributed by atoms with van der Waals surface area (Å²) in [6.07, 6.45) is -4.64. The molecule has 0 aliphatic carbocycles. The van der Waals surface area contributed by atoms with Crippen molar-refractivity contribution < 1.29 is 22.8 Å². The van der Waals surface area contributed by atoms with E-state index in [0.29, 0.717) is 0 Å². The lowest BCUT2D eigenvalue weighted by Gasteiger charge is -2.32. The van der Waals surface area contributed by atoms with Crippen LogP contribution in [0.2, 0.25) is 0 Å². The van der Waals surface area contributed by atoms with E-state index in [1.165, 1.54) is 0 Å². The van der Waals surface area contributed by atoms with Crippen LogP contribution >= 0.6 is 0 Å². The normalized spacial score (nSPS) is 17.1. The molecule has 0 spiro atoms. The number of hydrogen-bond donors (Lipinski definition) is 1. The Hall–Kier alpha value is -1.78. The van der Waals surface area contributed by atoms with Crippen molar-refractivity contribution >= 4 is 11.8 Å². The molecule has 100 valence electrons. The summed E-state index contributed by atoms with van der Waals surface area (Å²) in [5, 5.41) is 10.3. The van der Waals surface area contributed by atoms with Gasteiger partial charge in [0, 0.05) is 13.1 Å². The highest BCUT2D eigenvalue weighted by molar-refractivity contribution is 6.35. The first kappa shape index (κ1) is 14.3. The highest BCUT2D eigenvalue weighted by atomic mass is 19.4. The van der Waals surface area contributed by atoms with Crippen molar-refractivity contribution in [1.29, 1.82) is 5.26 Å². The molecule has 0 unspecified atom stereocenters. The number of halogens is 3. The van der Waals surface area contributed by atoms with Crippen LogP contribution in [-0.2, 0) is 9.59 Å². The van der Waals surface area contributed by atoms with E-state index in [-0.39, 0.29) is 32.5 Å². The lowest BCUT2D eigenvalue weighted by Crippen LogP contribution is -2.48. The molecule has 2 amide bonds. The molecular formula is C10H12F3N3O2. The molecule has 18 heavy (non-hydrogen) atoms. The maximum atomic E-state index is 12.4. The predicted molar refractivity (Wildman–Crippen MR) is 54.0 cm³/mol. The lowest BCUT2D eigenvalue weighted by atomic mass is 9.96. The number of nitriles is 1. The SMILES string of the molecule is N#CCNC(=O)C(=O)N1CCC(C(F)(F)F)CC1. The molecule has 1 rings (SSSR count). The number of rotatable bonds is 1. The van der Waals surface area contributed by atoms with Gasteiger partial charge in [-0.3, -0.25) is 9.59 Å². The molecular weight excluding hydrogens is 251 g/mol. The van der Waals surface area contributed by atoms with E-state index >= 15 is 0 Å². The first-order valence-electron chi connectivity index (χ1n) is 5.37. The zero-order valence-corrected chi connectivity index (χ0v) is 9.46. The van der Waals surface area contributed by atoms with E-state index in [1.54, 1.807) is 6.07 Å². The zero-order valence-electron chi connectivity index (χ0n) is 9.46. The summed E-state index contributed by atoms with van der Waals surface area (Å²) >= 11 is 0. The van der Waals surface area contributed by atoms with Gasteiger partial charge < -0.3 is 10.2 Å². The lowest BCUT2D eigenvalue weighted by molar-refractivity contribution is -0.186. The molecule has 5 nitrogen and oxygen atoms in total. The number of amides is 2. The molecule has 1 N–H and O–H groups in total. The average molecular weight is 263 g/mol. The van der Waals surface area contributed by atoms with Gasteiger partial charge in [-0.05, 0) is 12.8 Å². The van der Waals surface area contributed by atoms with Crippen molar-refractivity contribution in [2.45, 2.75) is 19.0 Å².